The summed E-state index contributed by atoms with van der Waals surface area (Å²) in [5, 5.41) is 4.72. The van der Waals surface area contributed by atoms with Crippen LogP contribution in [0.25, 0.3) is 54.9 Å². The fraction of sp³-hybridized carbons (Fsp3) is 0.108. The molecule has 5 aliphatic rings. The summed E-state index contributed by atoms with van der Waals surface area (Å²) >= 11 is 3.47. The van der Waals surface area contributed by atoms with E-state index >= 15 is 0 Å². The van der Waals surface area contributed by atoms with E-state index < -0.39 is 29.2 Å². The quantitative estimate of drug-likeness (QED) is 0.161. The molecule has 8 heteroatoms. The first kappa shape index (κ1) is 50.1. The second-order valence-corrected chi connectivity index (χ2v) is 23.5. The average Bonchev–Trinajstić information content (AvgIpc) is 3.69. The van der Waals surface area contributed by atoms with Crippen molar-refractivity contribution >= 4 is 50.1 Å². The molecule has 12 aromatic rings. The maximum Gasteiger partial charge on any atom is 0.494 e. The van der Waals surface area contributed by atoms with E-state index in [2.05, 4.69) is 254 Å². The first-order valence-corrected chi connectivity index (χ1v) is 28.7. The van der Waals surface area contributed by atoms with Crippen molar-refractivity contribution in [3.8, 4) is 56.4 Å². The number of nitrogens with zero attached hydrogens (tertiary/aromatic N) is 2. The highest BCUT2D eigenvalue weighted by Gasteiger charge is 2.55. The van der Waals surface area contributed by atoms with E-state index in [1.165, 1.54) is 82.9 Å². The zero-order valence-electron chi connectivity index (χ0n) is 45.7. The molecule has 0 N–H and O–H groups in total. The summed E-state index contributed by atoms with van der Waals surface area (Å²) in [5.41, 5.74) is 16.6. The molecule has 10 aromatic carbocycles. The molecule has 3 aliphatic heterocycles. The van der Waals surface area contributed by atoms with Crippen molar-refractivity contribution in [3.05, 3.63) is 304 Å². The fourth-order valence-corrected chi connectivity index (χ4v) is 14.0. The lowest BCUT2D eigenvalue weighted by Gasteiger charge is -2.39. The number of pyridine rings is 2. The Hall–Kier alpha value is -8.92. The molecule has 82 heavy (non-hydrogen) atoms. The van der Waals surface area contributed by atoms with Crippen LogP contribution in [0.5, 0.6) is 23.0 Å². The van der Waals surface area contributed by atoms with Crippen LogP contribution < -0.4 is 14.9 Å². The predicted octanol–water partition coefficient (Wildman–Crippen LogP) is 17.8. The molecule has 17 rings (SSSR count). The molecule has 1 saturated heterocycles. The molecule has 0 unspecified atom stereocenters. The number of benzene rings is 10. The predicted molar refractivity (Wildman–Crippen MR) is 334 cm³/mol. The van der Waals surface area contributed by atoms with Crippen LogP contribution in [-0.2, 0) is 20.1 Å². The molecule has 0 saturated carbocycles. The zero-order chi connectivity index (χ0) is 55.4. The van der Waals surface area contributed by atoms with Crippen molar-refractivity contribution in [2.45, 2.75) is 49.7 Å². The molecule has 394 valence electrons. The lowest BCUT2D eigenvalue weighted by molar-refractivity contribution is 0.00578. The largest absolute Gasteiger partial charge is 0.494 e. The topological polar surface area (TPSA) is 62.7 Å². The van der Waals surface area contributed by atoms with E-state index in [1.54, 1.807) is 6.20 Å². The third-order valence-electron chi connectivity index (χ3n) is 17.9. The van der Waals surface area contributed by atoms with Crippen molar-refractivity contribution in [1.29, 1.82) is 0 Å². The Balaban J connectivity index is 0.000000119. The van der Waals surface area contributed by atoms with Gasteiger partial charge in [-0.1, -0.05) is 198 Å². The van der Waals surface area contributed by atoms with Gasteiger partial charge in [-0.2, -0.15) is 0 Å². The maximum absolute atomic E-state index is 6.56. The molecule has 0 radical (unpaired) electrons. The van der Waals surface area contributed by atoms with Gasteiger partial charge in [0, 0.05) is 62.3 Å². The Morgan fingerprint density at radius 3 is 1.27 bits per heavy atom. The Bertz CT molecular complexity index is 4430. The van der Waals surface area contributed by atoms with Crippen LogP contribution in [0, 0.1) is 0 Å². The third kappa shape index (κ3) is 7.48. The second-order valence-electron chi connectivity index (χ2n) is 22.7. The number of hydrogen-bond donors (Lipinski definition) is 0. The van der Waals surface area contributed by atoms with Gasteiger partial charge in [-0.05, 0) is 148 Å². The Morgan fingerprint density at radius 1 is 0.354 bits per heavy atom. The van der Waals surface area contributed by atoms with Crippen LogP contribution in [0.4, 0.5) is 0 Å². The van der Waals surface area contributed by atoms with Crippen LogP contribution in [-0.4, -0.2) is 28.3 Å². The number of rotatable bonds is 2. The average molecular weight is 1130 g/mol. The van der Waals surface area contributed by atoms with Gasteiger partial charge < -0.3 is 18.8 Å². The molecule has 0 amide bonds. The van der Waals surface area contributed by atoms with Gasteiger partial charge in [0.15, 0.2) is 0 Å². The van der Waals surface area contributed by atoms with Crippen LogP contribution in [0.3, 0.4) is 0 Å². The monoisotopic (exact) mass is 1120 g/mol. The van der Waals surface area contributed by atoms with Gasteiger partial charge in [-0.15, -0.1) is 0 Å². The summed E-state index contributed by atoms with van der Waals surface area (Å²) < 4.78 is 27.1. The molecule has 2 spiro atoms. The van der Waals surface area contributed by atoms with Crippen molar-refractivity contribution < 1.29 is 18.8 Å². The maximum atomic E-state index is 6.56. The molecule has 6 nitrogen and oxygen atoms in total. The lowest BCUT2D eigenvalue weighted by Crippen LogP contribution is -2.41. The Morgan fingerprint density at radius 2 is 0.756 bits per heavy atom. The second kappa shape index (κ2) is 19.1. The van der Waals surface area contributed by atoms with Gasteiger partial charge in [0.1, 0.15) is 23.0 Å². The Labute approximate surface area is 486 Å². The molecule has 1 fully saturated rings. The number of ether oxygens (including phenoxy) is 2. The zero-order valence-corrected chi connectivity index (χ0v) is 47.3. The van der Waals surface area contributed by atoms with E-state index in [0.717, 1.165) is 49.4 Å². The smallest absolute Gasteiger partial charge is 0.457 e. The molecule has 2 aliphatic carbocycles. The third-order valence-corrected chi connectivity index (χ3v) is 18.6. The van der Waals surface area contributed by atoms with Gasteiger partial charge in [0.25, 0.3) is 0 Å². The van der Waals surface area contributed by atoms with Crippen LogP contribution >= 0.6 is 15.9 Å². The molecular weight excluding hydrogens is 1070 g/mol. The van der Waals surface area contributed by atoms with Crippen LogP contribution in [0.2, 0.25) is 0 Å². The first-order chi connectivity index (χ1) is 40.1. The summed E-state index contributed by atoms with van der Waals surface area (Å²) in [4.78, 5) is 8.36. The van der Waals surface area contributed by atoms with Crippen molar-refractivity contribution in [1.82, 2.24) is 9.97 Å². The van der Waals surface area contributed by atoms with Gasteiger partial charge >= 0.3 is 7.12 Å². The fourth-order valence-electron chi connectivity index (χ4n) is 13.5. The summed E-state index contributed by atoms with van der Waals surface area (Å²) in [7, 11) is -0.439. The molecule has 0 bridgehead atoms. The van der Waals surface area contributed by atoms with Gasteiger partial charge in [-0.3, -0.25) is 9.97 Å². The minimum atomic E-state index is -0.475. The molecular formula is C74H54BBrN2O4. The molecule has 0 atom stereocenters. The summed E-state index contributed by atoms with van der Waals surface area (Å²) in [6.07, 6.45) is 7.46. The van der Waals surface area contributed by atoms with E-state index in [-0.39, 0.29) is 0 Å². The highest BCUT2D eigenvalue weighted by atomic mass is 79.9. The molecule has 5 heterocycles. The summed E-state index contributed by atoms with van der Waals surface area (Å²) in [6.45, 7) is 8.37. The normalized spacial score (nSPS) is 15.8. The Kier molecular flexibility index (Phi) is 11.7. The minimum Gasteiger partial charge on any atom is -0.457 e. The van der Waals surface area contributed by atoms with Crippen molar-refractivity contribution in [3.63, 3.8) is 0 Å². The van der Waals surface area contributed by atoms with Crippen molar-refractivity contribution in [2.75, 3.05) is 0 Å². The van der Waals surface area contributed by atoms with E-state index in [0.29, 0.717) is 0 Å². The lowest BCUT2D eigenvalue weighted by atomic mass is 9.64. The van der Waals surface area contributed by atoms with Crippen molar-refractivity contribution in [2.24, 2.45) is 0 Å². The van der Waals surface area contributed by atoms with E-state index in [4.69, 9.17) is 18.8 Å². The molecule has 2 aromatic heterocycles. The minimum absolute atomic E-state index is 0.402. The number of aromatic nitrogens is 2. The standard InChI is InChI=1S/C34H21NO.C31H27BO3.C9H6BrN/c1-3-12-28-26(9-1)27-10-2-4-13-29(27)34(28)30-14-5-6-15-32(30)36-33-17-16-22(20-31(33)34)24-11-7-8-23-21-35-19-18-25(23)24;1-29(2)30(3,4)35-32(34-29)20-17-18-28-26(19-20)31(25-15-9-10-16-27(25)33-28)23-13-7-5-11-21(23)22-12-6-8-14-24(22)31;10-9-3-1-2-7-6-11-5-4-8(7)9/h1-21H;5-19H,1-4H3;1-6H. The van der Waals surface area contributed by atoms with E-state index in [1.807, 2.05) is 48.9 Å². The first-order valence-electron chi connectivity index (χ1n) is 28.0. The number of fused-ring (bicyclic) bond motifs is 20. The van der Waals surface area contributed by atoms with Crippen LogP contribution in [0.1, 0.15) is 72.2 Å². The SMILES string of the molecule is Brc1cccc2cnccc12.CC1(C)OB(c2ccc3c(c2)C2(c4ccccc4O3)c3ccccc3-c3ccccc32)OC1(C)C.c1ccc2c(c1)Oc1ccc(-c3cccc4cnccc34)cc1C21c2ccccc2-c2ccccc21. The number of hydrogen-bond acceptors (Lipinski definition) is 6. The highest BCUT2D eigenvalue weighted by Crippen LogP contribution is 2.64. The van der Waals surface area contributed by atoms with Gasteiger partial charge in [-0.25, -0.2) is 0 Å². The summed E-state index contributed by atoms with van der Waals surface area (Å²) in [6, 6.07) is 81.9. The number of halogens is 1. The number of para-hydroxylation sites is 2. The highest BCUT2D eigenvalue weighted by molar-refractivity contribution is 9.10. The van der Waals surface area contributed by atoms with Gasteiger partial charge in [0.2, 0.25) is 0 Å². The summed E-state index contributed by atoms with van der Waals surface area (Å²) in [5.74, 6) is 3.59. The van der Waals surface area contributed by atoms with E-state index in [9.17, 15) is 0 Å². The van der Waals surface area contributed by atoms with Gasteiger partial charge in [0.05, 0.1) is 22.0 Å². The van der Waals surface area contributed by atoms with Crippen LogP contribution in [0.15, 0.2) is 260 Å².